The number of alkyl halides is 1. The van der Waals surface area contributed by atoms with Crippen LogP contribution in [-0.2, 0) is 15.3 Å². The van der Waals surface area contributed by atoms with Crippen LogP contribution in [0.25, 0.3) is 0 Å². The van der Waals surface area contributed by atoms with Crippen LogP contribution in [0.1, 0.15) is 47.3 Å². The predicted molar refractivity (Wildman–Crippen MR) is 158 cm³/mol. The van der Waals surface area contributed by atoms with E-state index >= 15 is 0 Å². The maximum Gasteiger partial charge on any atom is 0.320 e. The Morgan fingerprint density at radius 2 is 2.05 bits per heavy atom. The molecular weight excluding hydrogens is 578 g/mol. The minimum absolute atomic E-state index is 0.00778. The molecule has 0 aliphatic carbocycles. The Morgan fingerprint density at radius 1 is 1.24 bits per heavy atom. The number of carbonyl (C=O) groups is 1. The number of hydrogen-bond donors (Lipinski definition) is 1. The molecule has 11 nitrogen and oxygen atoms in total. The summed E-state index contributed by atoms with van der Waals surface area (Å²) in [5.41, 5.74) is 7.75. The van der Waals surface area contributed by atoms with E-state index in [0.717, 1.165) is 48.4 Å². The van der Waals surface area contributed by atoms with Crippen molar-refractivity contribution >= 4 is 46.1 Å². The molecular formula is C28H32FN9O2S2. The van der Waals surface area contributed by atoms with Crippen LogP contribution in [0.5, 0.6) is 6.01 Å². The van der Waals surface area contributed by atoms with Gasteiger partial charge < -0.3 is 25.2 Å². The molecule has 3 atom stereocenters. The molecule has 1 unspecified atom stereocenters. The molecule has 2 N–H and O–H groups in total. The number of halogens is 1. The van der Waals surface area contributed by atoms with Crippen LogP contribution in [0.2, 0.25) is 0 Å². The molecule has 220 valence electrons. The van der Waals surface area contributed by atoms with Crippen molar-refractivity contribution in [3.05, 3.63) is 21.6 Å². The monoisotopic (exact) mass is 609 g/mol. The third-order valence-corrected chi connectivity index (χ3v) is 12.3. The van der Waals surface area contributed by atoms with Crippen molar-refractivity contribution in [3.63, 3.8) is 0 Å². The summed E-state index contributed by atoms with van der Waals surface area (Å²) in [4.78, 5) is 30.0. The second-order valence-corrected chi connectivity index (χ2v) is 14.5. The maximum atomic E-state index is 14.4. The van der Waals surface area contributed by atoms with Gasteiger partial charge in [0, 0.05) is 68.4 Å². The van der Waals surface area contributed by atoms with Gasteiger partial charge in [-0.15, -0.1) is 23.1 Å². The van der Waals surface area contributed by atoms with Crippen molar-refractivity contribution in [2.24, 2.45) is 0 Å². The van der Waals surface area contributed by atoms with E-state index in [0.29, 0.717) is 66.9 Å². The normalized spacial score (nSPS) is 27.4. The third kappa shape index (κ3) is 4.18. The average molecular weight is 610 g/mol. The first-order chi connectivity index (χ1) is 20.3. The van der Waals surface area contributed by atoms with Crippen molar-refractivity contribution in [3.8, 4) is 18.1 Å². The summed E-state index contributed by atoms with van der Waals surface area (Å²) in [5.74, 6) is 1.76. The highest BCUT2D eigenvalue weighted by Crippen LogP contribution is 2.58. The topological polar surface area (TPSA) is 139 Å². The van der Waals surface area contributed by atoms with Crippen LogP contribution in [0.4, 0.5) is 21.0 Å². The second kappa shape index (κ2) is 10.1. The van der Waals surface area contributed by atoms with E-state index in [1.807, 2.05) is 11.9 Å². The highest BCUT2D eigenvalue weighted by atomic mass is 32.2. The molecule has 7 heterocycles. The number of nitriles is 2. The first-order valence-corrected chi connectivity index (χ1v) is 16.1. The fraction of sp³-hybridized carbons (Fsp3) is 0.607. The molecule has 14 heteroatoms. The number of nitrogens with zero attached hydrogens (tertiary/aromatic N) is 8. The number of hydrogen-bond acceptors (Lipinski definition) is 12. The molecule has 2 aromatic heterocycles. The number of likely N-dealkylation sites (N-methyl/N-ethyl adjacent to an activating group) is 1. The van der Waals surface area contributed by atoms with Gasteiger partial charge in [-0.1, -0.05) is 0 Å². The fourth-order valence-electron chi connectivity index (χ4n) is 7.50. The maximum absolute atomic E-state index is 14.4. The first kappa shape index (κ1) is 27.5. The van der Waals surface area contributed by atoms with Gasteiger partial charge in [-0.25, -0.2) is 4.39 Å². The molecule has 0 bridgehead atoms. The number of anilines is 3. The number of thioether (sulfide) groups is 1. The number of aromatic nitrogens is 2. The van der Waals surface area contributed by atoms with Crippen molar-refractivity contribution in [2.75, 3.05) is 68.5 Å². The van der Waals surface area contributed by atoms with E-state index in [9.17, 15) is 19.7 Å². The number of carbonyl (C=O) groups excluding carboxylic acids is 1. The minimum Gasteiger partial charge on any atom is -0.461 e. The second-order valence-electron chi connectivity index (χ2n) is 12.0. The van der Waals surface area contributed by atoms with Gasteiger partial charge in [-0.2, -0.15) is 20.5 Å². The third-order valence-electron chi connectivity index (χ3n) is 9.67. The molecule has 0 saturated carbocycles. The van der Waals surface area contributed by atoms with Gasteiger partial charge in [-0.3, -0.25) is 9.69 Å². The molecule has 42 heavy (non-hydrogen) atoms. The van der Waals surface area contributed by atoms with Crippen LogP contribution in [0.15, 0.2) is 0 Å². The zero-order valence-corrected chi connectivity index (χ0v) is 25.0. The van der Waals surface area contributed by atoms with E-state index in [-0.39, 0.29) is 28.9 Å². The number of nitrogens with two attached hydrogens (primary N) is 1. The minimum atomic E-state index is -0.869. The van der Waals surface area contributed by atoms with Crippen molar-refractivity contribution < 1.29 is 13.9 Å². The summed E-state index contributed by atoms with van der Waals surface area (Å²) in [6.45, 7) is 3.91. The summed E-state index contributed by atoms with van der Waals surface area (Å²) in [6.07, 6.45) is 3.05. The Hall–Kier alpha value is -3.33. The Labute approximate surface area is 252 Å². The lowest BCUT2D eigenvalue weighted by Crippen LogP contribution is -2.57. The molecule has 0 aromatic carbocycles. The number of rotatable bonds is 7. The van der Waals surface area contributed by atoms with E-state index in [4.69, 9.17) is 20.4 Å². The molecule has 1 spiro atoms. The molecule has 4 fully saturated rings. The zero-order valence-electron chi connectivity index (χ0n) is 23.4. The standard InChI is InChI=1S/C28H32FN9O2S2/c1-35(18-3-6-36(11-18)16-39)24-20(9-31)25(34-26(33-24)40-15-27-4-2-5-38(27)10-17(29)7-27)37-13-28(14-37)22-19(8-30)23(32)42-21(22)12-41-28/h16-18H,2-7,10-15,32H2,1H3/t17-,18?,27+/m1/s1. The molecule has 7 rings (SSSR count). The smallest absolute Gasteiger partial charge is 0.320 e. The number of thiophene rings is 1. The van der Waals surface area contributed by atoms with Crippen LogP contribution >= 0.6 is 23.1 Å². The molecule has 0 radical (unpaired) electrons. The lowest BCUT2D eigenvalue weighted by molar-refractivity contribution is -0.117. The van der Waals surface area contributed by atoms with Crippen molar-refractivity contribution in [2.45, 2.75) is 53.9 Å². The lowest BCUT2D eigenvalue weighted by Gasteiger charge is -2.48. The Balaban J connectivity index is 1.22. The van der Waals surface area contributed by atoms with Crippen molar-refractivity contribution in [1.29, 1.82) is 10.5 Å². The summed E-state index contributed by atoms with van der Waals surface area (Å²) in [5, 5.41) is 20.8. The number of ether oxygens (including phenoxy) is 1. The van der Waals surface area contributed by atoms with E-state index in [2.05, 4.69) is 21.9 Å². The summed E-state index contributed by atoms with van der Waals surface area (Å²) in [7, 11) is 1.89. The molecule has 1 amide bonds. The number of nitrogen functional groups attached to an aromatic ring is 1. The summed E-state index contributed by atoms with van der Waals surface area (Å²) < 4.78 is 20.4. The zero-order chi connectivity index (χ0) is 29.2. The summed E-state index contributed by atoms with van der Waals surface area (Å²) in [6, 6.07) is 4.81. The van der Waals surface area contributed by atoms with Crippen LogP contribution in [-0.4, -0.2) is 96.9 Å². The molecule has 4 saturated heterocycles. The first-order valence-electron chi connectivity index (χ1n) is 14.3. The van der Waals surface area contributed by atoms with Crippen molar-refractivity contribution in [1.82, 2.24) is 19.8 Å². The quantitative estimate of drug-likeness (QED) is 0.463. The highest BCUT2D eigenvalue weighted by Gasteiger charge is 2.54. The van der Waals surface area contributed by atoms with Gasteiger partial charge >= 0.3 is 6.01 Å². The van der Waals surface area contributed by atoms with E-state index < -0.39 is 6.17 Å². The predicted octanol–water partition coefficient (Wildman–Crippen LogP) is 2.45. The Bertz CT molecular complexity index is 1520. The van der Waals surface area contributed by atoms with Gasteiger partial charge in [-0.05, 0) is 25.8 Å². The van der Waals surface area contributed by atoms with Crippen LogP contribution in [0, 0.1) is 22.7 Å². The number of amides is 1. The molecule has 5 aliphatic heterocycles. The average Bonchev–Trinajstić information content (AvgIpc) is 3.76. The number of fused-ring (bicyclic) bond motifs is 3. The van der Waals surface area contributed by atoms with Crippen LogP contribution in [0.3, 0.4) is 0 Å². The van der Waals surface area contributed by atoms with Gasteiger partial charge in [0.2, 0.25) is 6.41 Å². The van der Waals surface area contributed by atoms with Gasteiger partial charge in [0.25, 0.3) is 0 Å². The van der Waals surface area contributed by atoms with Crippen LogP contribution < -0.4 is 20.3 Å². The highest BCUT2D eigenvalue weighted by molar-refractivity contribution is 8.00. The largest absolute Gasteiger partial charge is 0.461 e. The number of likely N-dealkylation sites (tertiary alicyclic amines) is 1. The fourth-order valence-corrected chi connectivity index (χ4v) is 10.3. The van der Waals surface area contributed by atoms with Gasteiger partial charge in [0.1, 0.15) is 35.5 Å². The molecule has 5 aliphatic rings. The summed E-state index contributed by atoms with van der Waals surface area (Å²) >= 11 is 3.29. The molecule has 2 aromatic rings. The van der Waals surface area contributed by atoms with Gasteiger partial charge in [0.05, 0.1) is 15.8 Å². The lowest BCUT2D eigenvalue weighted by atomic mass is 9.88. The Morgan fingerprint density at radius 3 is 2.79 bits per heavy atom. The van der Waals surface area contributed by atoms with E-state index in [1.54, 1.807) is 16.7 Å². The van der Waals surface area contributed by atoms with E-state index in [1.165, 1.54) is 11.3 Å². The van der Waals surface area contributed by atoms with Gasteiger partial charge in [0.15, 0.2) is 11.6 Å². The SMILES string of the molecule is CN(c1nc(OC[C@@]23CCCN2C[C@H](F)C3)nc(N2CC3(C2)SCc2sc(N)c(C#N)c23)c1C#N)C1CCN(C=O)C1. The Kier molecular flexibility index (Phi) is 6.64.